The summed E-state index contributed by atoms with van der Waals surface area (Å²) in [6.45, 7) is 3.25. The lowest BCUT2D eigenvalue weighted by molar-refractivity contribution is 0.195. The number of amides is 2. The van der Waals surface area contributed by atoms with Crippen molar-refractivity contribution >= 4 is 18.4 Å². The summed E-state index contributed by atoms with van der Waals surface area (Å²) in [5.41, 5.74) is 1.99. The Morgan fingerprint density at radius 3 is 2.81 bits per heavy atom. The Morgan fingerprint density at radius 1 is 1.19 bits per heavy atom. The molecule has 2 aromatic rings. The van der Waals surface area contributed by atoms with Gasteiger partial charge >= 0.3 is 6.03 Å². The van der Waals surface area contributed by atoms with Crippen molar-refractivity contribution in [3.05, 3.63) is 48.4 Å². The average Bonchev–Trinajstić information content (AvgIpc) is 3.03. The number of benzene rings is 1. The van der Waals surface area contributed by atoms with Gasteiger partial charge in [0.05, 0.1) is 5.69 Å². The van der Waals surface area contributed by atoms with E-state index in [0.717, 1.165) is 36.7 Å². The normalized spacial score (nSPS) is 21.3. The maximum absolute atomic E-state index is 12.5. The van der Waals surface area contributed by atoms with E-state index < -0.39 is 0 Å². The Balaban J connectivity index is 0.00000210. The molecule has 3 aliphatic rings. The molecule has 1 aromatic carbocycles. The van der Waals surface area contributed by atoms with Crippen molar-refractivity contribution in [1.82, 2.24) is 25.5 Å². The highest BCUT2D eigenvalue weighted by Gasteiger charge is 2.31. The van der Waals surface area contributed by atoms with Crippen LogP contribution in [0.1, 0.15) is 18.7 Å². The average molecular weight is 388 g/mol. The summed E-state index contributed by atoms with van der Waals surface area (Å²) >= 11 is 0. The number of hydrogen-bond donors (Lipinski definition) is 2. The molecule has 1 aromatic heterocycles. The molecule has 0 radical (unpaired) electrons. The van der Waals surface area contributed by atoms with Crippen LogP contribution in [0.5, 0.6) is 0 Å². The van der Waals surface area contributed by atoms with Gasteiger partial charge in [0.2, 0.25) is 0 Å². The van der Waals surface area contributed by atoms with Gasteiger partial charge in [-0.2, -0.15) is 0 Å². The zero-order valence-corrected chi connectivity index (χ0v) is 16.1. The van der Waals surface area contributed by atoms with Crippen LogP contribution in [0.2, 0.25) is 0 Å². The molecule has 0 aliphatic carbocycles. The molecule has 2 amide bonds. The van der Waals surface area contributed by atoms with Crippen molar-refractivity contribution in [2.75, 3.05) is 26.2 Å². The van der Waals surface area contributed by atoms with E-state index in [9.17, 15) is 4.79 Å². The number of nitrogens with zero attached hydrogens (tertiary/aromatic N) is 3. The highest BCUT2D eigenvalue weighted by atomic mass is 35.5. The Hall–Kier alpha value is -2.18. The number of piperidine rings is 1. The Morgan fingerprint density at radius 2 is 2.04 bits per heavy atom. The lowest BCUT2D eigenvalue weighted by Crippen LogP contribution is -2.45. The number of halogens is 1. The second kappa shape index (κ2) is 9.15. The molecule has 27 heavy (non-hydrogen) atoms. The minimum Gasteiger partial charge on any atom is -0.338 e. The topological polar surface area (TPSA) is 70.2 Å². The van der Waals surface area contributed by atoms with E-state index in [1.54, 1.807) is 6.20 Å². The molecular formula is C20H26ClN5O. The number of nitrogens with one attached hydrogen (secondary N) is 2. The third-order valence-corrected chi connectivity index (χ3v) is 5.23. The summed E-state index contributed by atoms with van der Waals surface area (Å²) in [5.74, 6) is 1.34. The number of urea groups is 1. The van der Waals surface area contributed by atoms with Crippen molar-refractivity contribution in [2.24, 2.45) is 5.92 Å². The fraction of sp³-hybridized carbons (Fsp3) is 0.450. The molecule has 3 saturated heterocycles. The second-order valence-corrected chi connectivity index (χ2v) is 7.16. The fourth-order valence-corrected chi connectivity index (χ4v) is 3.79. The predicted molar refractivity (Wildman–Crippen MR) is 108 cm³/mol. The number of aromatic nitrogens is 2. The third kappa shape index (κ3) is 4.96. The van der Waals surface area contributed by atoms with Gasteiger partial charge in [-0.1, -0.05) is 30.3 Å². The van der Waals surface area contributed by atoms with Crippen molar-refractivity contribution < 1.29 is 4.79 Å². The molecular weight excluding hydrogens is 362 g/mol. The molecule has 2 N–H and O–H groups in total. The lowest BCUT2D eigenvalue weighted by Gasteiger charge is -2.23. The quantitative estimate of drug-likeness (QED) is 0.845. The highest BCUT2D eigenvalue weighted by Crippen LogP contribution is 2.21. The van der Waals surface area contributed by atoms with E-state index in [0.29, 0.717) is 24.9 Å². The molecule has 7 heteroatoms. The van der Waals surface area contributed by atoms with E-state index in [-0.39, 0.29) is 18.4 Å². The SMILES string of the molecule is Cl.O=C(NCCc1nccc(-c2ccccc2)n1)N1C[C@H]2CC[C@@H](C1)NC2. The van der Waals surface area contributed by atoms with Crippen molar-refractivity contribution in [3.8, 4) is 11.3 Å². The molecule has 3 aliphatic heterocycles. The van der Waals surface area contributed by atoms with Crippen molar-refractivity contribution in [3.63, 3.8) is 0 Å². The van der Waals surface area contributed by atoms with Crippen LogP contribution in [-0.4, -0.2) is 53.1 Å². The van der Waals surface area contributed by atoms with Gasteiger partial charge in [-0.15, -0.1) is 12.4 Å². The molecule has 5 rings (SSSR count). The molecule has 4 heterocycles. The van der Waals surface area contributed by atoms with Crippen LogP contribution in [0.15, 0.2) is 42.6 Å². The van der Waals surface area contributed by atoms with Crippen LogP contribution in [0, 0.1) is 5.92 Å². The zero-order valence-electron chi connectivity index (χ0n) is 15.3. The Kier molecular flexibility index (Phi) is 6.63. The van der Waals surface area contributed by atoms with Crippen LogP contribution in [0.4, 0.5) is 4.79 Å². The van der Waals surface area contributed by atoms with Gasteiger partial charge in [0.15, 0.2) is 0 Å². The first-order chi connectivity index (χ1) is 12.8. The Bertz CT molecular complexity index is 735. The minimum atomic E-state index is 0. The first-order valence-electron chi connectivity index (χ1n) is 9.41. The molecule has 2 bridgehead atoms. The smallest absolute Gasteiger partial charge is 0.317 e. The number of carbonyl (C=O) groups is 1. The second-order valence-electron chi connectivity index (χ2n) is 7.16. The maximum atomic E-state index is 12.5. The van der Waals surface area contributed by atoms with Crippen LogP contribution < -0.4 is 10.6 Å². The van der Waals surface area contributed by atoms with Gasteiger partial charge in [0.1, 0.15) is 5.82 Å². The highest BCUT2D eigenvalue weighted by molar-refractivity contribution is 5.85. The first kappa shape index (κ1) is 19.6. The molecule has 6 nitrogen and oxygen atoms in total. The third-order valence-electron chi connectivity index (χ3n) is 5.23. The number of fused-ring (bicyclic) bond motifs is 4. The van der Waals surface area contributed by atoms with Crippen molar-refractivity contribution in [1.29, 1.82) is 0 Å². The van der Waals surface area contributed by atoms with Crippen LogP contribution >= 0.6 is 12.4 Å². The largest absolute Gasteiger partial charge is 0.338 e. The summed E-state index contributed by atoms with van der Waals surface area (Å²) in [6, 6.07) is 12.5. The van der Waals surface area contributed by atoms with Gasteiger partial charge in [-0.05, 0) is 31.4 Å². The number of carbonyl (C=O) groups excluding carboxylic acids is 1. The number of hydrogen-bond acceptors (Lipinski definition) is 4. The van der Waals surface area contributed by atoms with Gasteiger partial charge < -0.3 is 15.5 Å². The molecule has 3 fully saturated rings. The maximum Gasteiger partial charge on any atom is 0.317 e. The van der Waals surface area contributed by atoms with E-state index in [4.69, 9.17) is 0 Å². The van der Waals surface area contributed by atoms with Crippen LogP contribution in [0.3, 0.4) is 0 Å². The monoisotopic (exact) mass is 387 g/mol. The van der Waals surface area contributed by atoms with E-state index >= 15 is 0 Å². The van der Waals surface area contributed by atoms with Gasteiger partial charge in [-0.25, -0.2) is 14.8 Å². The molecule has 144 valence electrons. The van der Waals surface area contributed by atoms with Crippen LogP contribution in [-0.2, 0) is 6.42 Å². The Labute approximate surface area is 166 Å². The molecule has 0 spiro atoms. The van der Waals surface area contributed by atoms with Gasteiger partial charge in [0, 0.05) is 43.9 Å². The summed E-state index contributed by atoms with van der Waals surface area (Å²) in [7, 11) is 0. The van der Waals surface area contributed by atoms with E-state index in [1.807, 2.05) is 41.3 Å². The first-order valence-corrected chi connectivity index (χ1v) is 9.41. The van der Waals surface area contributed by atoms with Gasteiger partial charge in [0.25, 0.3) is 0 Å². The fourth-order valence-electron chi connectivity index (χ4n) is 3.79. The number of rotatable bonds is 4. The van der Waals surface area contributed by atoms with Crippen molar-refractivity contribution in [2.45, 2.75) is 25.3 Å². The van der Waals surface area contributed by atoms with Crippen LogP contribution in [0.25, 0.3) is 11.3 Å². The van der Waals surface area contributed by atoms with E-state index in [1.165, 1.54) is 12.8 Å². The summed E-state index contributed by atoms with van der Waals surface area (Å²) in [5, 5.41) is 6.56. The van der Waals surface area contributed by atoms with Gasteiger partial charge in [-0.3, -0.25) is 0 Å². The predicted octanol–water partition coefficient (Wildman–Crippen LogP) is 2.50. The summed E-state index contributed by atoms with van der Waals surface area (Å²) in [6.07, 6.45) is 4.81. The standard InChI is InChI=1S/C20H25N5O.ClH/c26-20(25-13-15-6-7-17(14-25)23-12-15)22-11-9-19-21-10-8-18(24-19)16-4-2-1-3-5-16;/h1-5,8,10,15,17,23H,6-7,9,11-14H2,(H,22,26);1H/t15-,17-;/m0./s1. The molecule has 0 saturated carbocycles. The zero-order chi connectivity index (χ0) is 17.8. The summed E-state index contributed by atoms with van der Waals surface area (Å²) < 4.78 is 0. The van der Waals surface area contributed by atoms with E-state index in [2.05, 4.69) is 20.6 Å². The summed E-state index contributed by atoms with van der Waals surface area (Å²) in [4.78, 5) is 23.4. The molecule has 2 atom stereocenters. The molecule has 0 unspecified atom stereocenters. The minimum absolute atomic E-state index is 0. The lowest BCUT2D eigenvalue weighted by atomic mass is 9.97.